The number of nitrogens with one attached hydrogen (secondary N) is 1. The lowest BCUT2D eigenvalue weighted by atomic mass is 10.0. The second-order valence-electron chi connectivity index (χ2n) is 4.96. The first kappa shape index (κ1) is 12.7. The molecule has 2 rings (SSSR count). The number of rotatable bonds is 6. The number of hydrogen-bond acceptors (Lipinski definition) is 3. The van der Waals surface area contributed by atoms with E-state index in [1.807, 2.05) is 6.07 Å². The van der Waals surface area contributed by atoms with Gasteiger partial charge in [0.15, 0.2) is 0 Å². The highest BCUT2D eigenvalue weighted by atomic mass is 16.3. The zero-order chi connectivity index (χ0) is 11.9. The summed E-state index contributed by atoms with van der Waals surface area (Å²) in [5.41, 5.74) is 0. The van der Waals surface area contributed by atoms with Gasteiger partial charge in [0.2, 0.25) is 0 Å². The molecule has 0 bridgehead atoms. The van der Waals surface area contributed by atoms with Crippen LogP contribution in [0.5, 0.6) is 0 Å². The monoisotopic (exact) mass is 236 g/mol. The topological polar surface area (TPSA) is 28.4 Å². The van der Waals surface area contributed by atoms with Crippen LogP contribution in [-0.2, 0) is 6.54 Å². The van der Waals surface area contributed by atoms with Gasteiger partial charge in [0.05, 0.1) is 12.8 Å². The smallest absolute Gasteiger partial charge is 0.117 e. The molecule has 0 aromatic carbocycles. The summed E-state index contributed by atoms with van der Waals surface area (Å²) in [5.74, 6) is 1.08. The van der Waals surface area contributed by atoms with Crippen LogP contribution in [0.2, 0.25) is 0 Å². The summed E-state index contributed by atoms with van der Waals surface area (Å²) < 4.78 is 5.44. The maximum Gasteiger partial charge on any atom is 0.117 e. The van der Waals surface area contributed by atoms with Gasteiger partial charge in [-0.15, -0.1) is 0 Å². The van der Waals surface area contributed by atoms with E-state index in [1.54, 1.807) is 6.26 Å². The molecule has 0 amide bonds. The van der Waals surface area contributed by atoms with Crippen LogP contribution in [0.15, 0.2) is 22.8 Å². The first-order valence-corrected chi connectivity index (χ1v) is 6.86. The van der Waals surface area contributed by atoms with Crippen molar-refractivity contribution in [3.8, 4) is 0 Å². The molecule has 0 saturated carbocycles. The molecule has 96 valence electrons. The predicted octanol–water partition coefficient (Wildman–Crippen LogP) is 2.63. The molecule has 0 unspecified atom stereocenters. The fourth-order valence-electron chi connectivity index (χ4n) is 2.57. The van der Waals surface area contributed by atoms with Gasteiger partial charge in [-0.25, -0.2) is 0 Å². The highest BCUT2D eigenvalue weighted by molar-refractivity contribution is 4.98. The summed E-state index contributed by atoms with van der Waals surface area (Å²) in [6, 6.07) is 4.71. The van der Waals surface area contributed by atoms with Crippen molar-refractivity contribution in [1.82, 2.24) is 10.2 Å². The first-order valence-electron chi connectivity index (χ1n) is 6.86. The Bertz CT molecular complexity index is 291. The fraction of sp³-hybridized carbons (Fsp3) is 0.714. The van der Waals surface area contributed by atoms with Crippen molar-refractivity contribution < 1.29 is 4.42 Å². The second kappa shape index (κ2) is 6.82. The summed E-state index contributed by atoms with van der Waals surface area (Å²) in [7, 11) is 0. The number of piperidine rings is 1. The number of nitrogens with zero attached hydrogens (tertiary/aromatic N) is 1. The van der Waals surface area contributed by atoms with Crippen molar-refractivity contribution >= 4 is 0 Å². The molecular weight excluding hydrogens is 212 g/mol. The molecule has 1 N–H and O–H groups in total. The quantitative estimate of drug-likeness (QED) is 0.823. The molecule has 1 aromatic heterocycles. The molecule has 17 heavy (non-hydrogen) atoms. The summed E-state index contributed by atoms with van der Waals surface area (Å²) >= 11 is 0. The van der Waals surface area contributed by atoms with Crippen LogP contribution in [-0.4, -0.2) is 30.6 Å². The van der Waals surface area contributed by atoms with E-state index < -0.39 is 0 Å². The average molecular weight is 236 g/mol. The Morgan fingerprint density at radius 3 is 3.06 bits per heavy atom. The fourth-order valence-corrected chi connectivity index (χ4v) is 2.57. The molecule has 1 atom stereocenters. The zero-order valence-corrected chi connectivity index (χ0v) is 10.8. The van der Waals surface area contributed by atoms with Crippen LogP contribution in [0.3, 0.4) is 0 Å². The van der Waals surface area contributed by atoms with E-state index in [1.165, 1.54) is 32.2 Å². The Balaban J connectivity index is 1.83. The van der Waals surface area contributed by atoms with E-state index in [0.29, 0.717) is 6.04 Å². The van der Waals surface area contributed by atoms with Crippen LogP contribution >= 0.6 is 0 Å². The predicted molar refractivity (Wildman–Crippen MR) is 69.9 cm³/mol. The lowest BCUT2D eigenvalue weighted by Gasteiger charge is -2.29. The van der Waals surface area contributed by atoms with Gasteiger partial charge in [-0.05, 0) is 44.5 Å². The van der Waals surface area contributed by atoms with Gasteiger partial charge in [0.1, 0.15) is 5.76 Å². The van der Waals surface area contributed by atoms with Gasteiger partial charge in [-0.1, -0.05) is 13.3 Å². The Morgan fingerprint density at radius 1 is 1.47 bits per heavy atom. The summed E-state index contributed by atoms with van der Waals surface area (Å²) in [6.45, 7) is 6.67. The zero-order valence-electron chi connectivity index (χ0n) is 10.8. The third-order valence-electron chi connectivity index (χ3n) is 3.39. The Kier molecular flexibility index (Phi) is 5.08. The molecule has 1 fully saturated rings. The van der Waals surface area contributed by atoms with Crippen LogP contribution in [0.4, 0.5) is 0 Å². The van der Waals surface area contributed by atoms with E-state index in [2.05, 4.69) is 23.2 Å². The third kappa shape index (κ3) is 4.17. The molecule has 0 radical (unpaired) electrons. The van der Waals surface area contributed by atoms with Crippen molar-refractivity contribution in [1.29, 1.82) is 0 Å². The summed E-state index contributed by atoms with van der Waals surface area (Å²) in [6.07, 6.45) is 6.99. The first-order chi connectivity index (χ1) is 8.38. The van der Waals surface area contributed by atoms with E-state index in [-0.39, 0.29) is 0 Å². The molecule has 1 saturated heterocycles. The SMILES string of the molecule is CCCN(Cc1ccco1)C[C@H]1CCCCN1. The van der Waals surface area contributed by atoms with Crippen LogP contribution in [0.1, 0.15) is 38.4 Å². The van der Waals surface area contributed by atoms with Crippen LogP contribution in [0.25, 0.3) is 0 Å². The van der Waals surface area contributed by atoms with E-state index in [9.17, 15) is 0 Å². The largest absolute Gasteiger partial charge is 0.468 e. The molecular formula is C14H24N2O. The Morgan fingerprint density at radius 2 is 2.41 bits per heavy atom. The minimum absolute atomic E-state index is 0.672. The summed E-state index contributed by atoms with van der Waals surface area (Å²) in [5, 5.41) is 3.62. The van der Waals surface area contributed by atoms with Crippen molar-refractivity contribution in [2.45, 2.75) is 45.2 Å². The van der Waals surface area contributed by atoms with Crippen molar-refractivity contribution in [3.63, 3.8) is 0 Å². The minimum atomic E-state index is 0.672. The van der Waals surface area contributed by atoms with Crippen molar-refractivity contribution in [3.05, 3.63) is 24.2 Å². The second-order valence-corrected chi connectivity index (χ2v) is 4.96. The Labute approximate surface area is 104 Å². The van der Waals surface area contributed by atoms with Gasteiger partial charge in [-0.3, -0.25) is 4.90 Å². The average Bonchev–Trinajstić information content (AvgIpc) is 2.83. The van der Waals surface area contributed by atoms with Gasteiger partial charge >= 0.3 is 0 Å². The van der Waals surface area contributed by atoms with Gasteiger partial charge in [-0.2, -0.15) is 0 Å². The standard InChI is InChI=1S/C14H24N2O/c1-2-9-16(12-14-7-5-10-17-14)11-13-6-3-4-8-15-13/h5,7,10,13,15H,2-4,6,8-9,11-12H2,1H3/t13-/m1/s1. The highest BCUT2D eigenvalue weighted by Gasteiger charge is 2.16. The van der Waals surface area contributed by atoms with Crippen LogP contribution < -0.4 is 5.32 Å². The third-order valence-corrected chi connectivity index (χ3v) is 3.39. The summed E-state index contributed by atoms with van der Waals surface area (Å²) in [4.78, 5) is 2.50. The van der Waals surface area contributed by atoms with Crippen molar-refractivity contribution in [2.75, 3.05) is 19.6 Å². The molecule has 0 spiro atoms. The van der Waals surface area contributed by atoms with Crippen molar-refractivity contribution in [2.24, 2.45) is 0 Å². The van der Waals surface area contributed by atoms with E-state index >= 15 is 0 Å². The molecule has 2 heterocycles. The molecule has 3 nitrogen and oxygen atoms in total. The lowest BCUT2D eigenvalue weighted by molar-refractivity contribution is 0.203. The normalized spacial score (nSPS) is 20.9. The lowest BCUT2D eigenvalue weighted by Crippen LogP contribution is -2.43. The number of furan rings is 1. The maximum absolute atomic E-state index is 5.44. The maximum atomic E-state index is 5.44. The van der Waals surface area contributed by atoms with Gasteiger partial charge in [0, 0.05) is 12.6 Å². The molecule has 1 aliphatic rings. The molecule has 3 heteroatoms. The molecule has 1 aliphatic heterocycles. The van der Waals surface area contributed by atoms with Gasteiger partial charge in [0.25, 0.3) is 0 Å². The minimum Gasteiger partial charge on any atom is -0.468 e. The van der Waals surface area contributed by atoms with E-state index in [4.69, 9.17) is 4.42 Å². The van der Waals surface area contributed by atoms with Crippen LogP contribution in [0, 0.1) is 0 Å². The Hall–Kier alpha value is -0.800. The highest BCUT2D eigenvalue weighted by Crippen LogP contribution is 2.11. The van der Waals surface area contributed by atoms with E-state index in [0.717, 1.165) is 25.4 Å². The van der Waals surface area contributed by atoms with Gasteiger partial charge < -0.3 is 9.73 Å². The number of hydrogen-bond donors (Lipinski definition) is 1. The molecule has 0 aliphatic carbocycles. The molecule has 1 aromatic rings.